The number of carbonyl (C=O) groups excluding carboxylic acids is 1. The lowest BCUT2D eigenvalue weighted by atomic mass is 10.1. The number of rotatable bonds is 1. The second kappa shape index (κ2) is 4.95. The summed E-state index contributed by atoms with van der Waals surface area (Å²) in [5, 5.41) is 0. The molecule has 16 heavy (non-hydrogen) atoms. The van der Waals surface area contributed by atoms with Gasteiger partial charge < -0.3 is 4.90 Å². The standard InChI is InChI=1S/C12H15BrN2O/c1-9-7-10(4-5-14-9)12(16)15-6-2-3-11(13)8-15/h4-5,7,11H,2-3,6,8H2,1H3. The molecule has 1 aromatic heterocycles. The van der Waals surface area contributed by atoms with E-state index in [0.717, 1.165) is 37.2 Å². The smallest absolute Gasteiger partial charge is 0.254 e. The minimum Gasteiger partial charge on any atom is -0.338 e. The van der Waals surface area contributed by atoms with Crippen molar-refractivity contribution >= 4 is 21.8 Å². The Balaban J connectivity index is 2.12. The summed E-state index contributed by atoms with van der Waals surface area (Å²) in [6.45, 7) is 3.57. The molecule has 1 saturated heterocycles. The molecular weight excluding hydrogens is 268 g/mol. The maximum absolute atomic E-state index is 12.2. The molecule has 1 atom stereocenters. The van der Waals surface area contributed by atoms with Crippen LogP contribution >= 0.6 is 15.9 Å². The van der Waals surface area contributed by atoms with Crippen molar-refractivity contribution in [1.82, 2.24) is 9.88 Å². The van der Waals surface area contributed by atoms with Gasteiger partial charge in [-0.2, -0.15) is 0 Å². The Morgan fingerprint density at radius 2 is 2.44 bits per heavy atom. The van der Waals surface area contributed by atoms with Crippen molar-refractivity contribution in [1.29, 1.82) is 0 Å². The number of carbonyl (C=O) groups is 1. The average Bonchev–Trinajstić information content (AvgIpc) is 2.28. The summed E-state index contributed by atoms with van der Waals surface area (Å²) in [6, 6.07) is 3.63. The predicted molar refractivity (Wildman–Crippen MR) is 66.8 cm³/mol. The van der Waals surface area contributed by atoms with Gasteiger partial charge >= 0.3 is 0 Å². The Hall–Kier alpha value is -0.900. The molecule has 1 aliphatic heterocycles. The van der Waals surface area contributed by atoms with Crippen molar-refractivity contribution in [3.8, 4) is 0 Å². The summed E-state index contributed by atoms with van der Waals surface area (Å²) in [6.07, 6.45) is 3.92. The number of amides is 1. The zero-order valence-electron chi connectivity index (χ0n) is 9.32. The van der Waals surface area contributed by atoms with Gasteiger partial charge in [0.1, 0.15) is 0 Å². The fraction of sp³-hybridized carbons (Fsp3) is 0.500. The molecule has 4 heteroatoms. The van der Waals surface area contributed by atoms with Gasteiger partial charge in [-0.25, -0.2) is 0 Å². The van der Waals surface area contributed by atoms with Gasteiger partial charge in [-0.3, -0.25) is 9.78 Å². The first-order valence-corrected chi connectivity index (χ1v) is 6.44. The largest absolute Gasteiger partial charge is 0.338 e. The van der Waals surface area contributed by atoms with Crippen molar-refractivity contribution in [2.75, 3.05) is 13.1 Å². The van der Waals surface area contributed by atoms with E-state index in [1.54, 1.807) is 12.3 Å². The van der Waals surface area contributed by atoms with Gasteiger partial charge in [0.25, 0.3) is 5.91 Å². The molecule has 0 radical (unpaired) electrons. The van der Waals surface area contributed by atoms with Crippen LogP contribution in [0.2, 0.25) is 0 Å². The zero-order chi connectivity index (χ0) is 11.5. The highest BCUT2D eigenvalue weighted by atomic mass is 79.9. The summed E-state index contributed by atoms with van der Waals surface area (Å²) in [7, 11) is 0. The fourth-order valence-corrected chi connectivity index (χ4v) is 2.64. The van der Waals surface area contributed by atoms with Crippen molar-refractivity contribution in [3.63, 3.8) is 0 Å². The maximum atomic E-state index is 12.2. The van der Waals surface area contributed by atoms with E-state index < -0.39 is 0 Å². The number of nitrogens with zero attached hydrogens (tertiary/aromatic N) is 2. The first kappa shape index (κ1) is 11.6. The van der Waals surface area contributed by atoms with E-state index in [0.29, 0.717) is 4.83 Å². The van der Waals surface area contributed by atoms with Crippen LogP contribution in [0.15, 0.2) is 18.3 Å². The van der Waals surface area contributed by atoms with E-state index in [1.807, 2.05) is 17.9 Å². The van der Waals surface area contributed by atoms with E-state index in [-0.39, 0.29) is 5.91 Å². The molecule has 0 saturated carbocycles. The zero-order valence-corrected chi connectivity index (χ0v) is 10.9. The van der Waals surface area contributed by atoms with Crippen LogP contribution in [0.25, 0.3) is 0 Å². The van der Waals surface area contributed by atoms with E-state index in [9.17, 15) is 4.79 Å². The molecule has 1 fully saturated rings. The molecule has 0 aromatic carbocycles. The van der Waals surface area contributed by atoms with Gasteiger partial charge in [0.2, 0.25) is 0 Å². The molecule has 1 amide bonds. The molecule has 3 nitrogen and oxygen atoms in total. The Morgan fingerprint density at radius 1 is 1.62 bits per heavy atom. The van der Waals surface area contributed by atoms with Gasteiger partial charge in [0.05, 0.1) is 0 Å². The first-order valence-electron chi connectivity index (χ1n) is 5.53. The lowest BCUT2D eigenvalue weighted by molar-refractivity contribution is 0.0729. The minimum atomic E-state index is 0.120. The second-order valence-corrected chi connectivity index (χ2v) is 5.47. The van der Waals surface area contributed by atoms with Crippen LogP contribution in [0, 0.1) is 6.92 Å². The van der Waals surface area contributed by atoms with Crippen molar-refractivity contribution in [2.24, 2.45) is 0 Å². The van der Waals surface area contributed by atoms with Crippen LogP contribution in [0.1, 0.15) is 28.9 Å². The monoisotopic (exact) mass is 282 g/mol. The quantitative estimate of drug-likeness (QED) is 0.741. The third-order valence-corrected chi connectivity index (χ3v) is 3.54. The number of hydrogen-bond donors (Lipinski definition) is 0. The predicted octanol–water partition coefficient (Wildman–Crippen LogP) is 2.39. The van der Waals surface area contributed by atoms with E-state index >= 15 is 0 Å². The van der Waals surface area contributed by atoms with Crippen LogP contribution in [0.4, 0.5) is 0 Å². The number of hydrogen-bond acceptors (Lipinski definition) is 2. The van der Waals surface area contributed by atoms with E-state index in [2.05, 4.69) is 20.9 Å². The highest BCUT2D eigenvalue weighted by molar-refractivity contribution is 9.09. The van der Waals surface area contributed by atoms with Crippen LogP contribution in [0.5, 0.6) is 0 Å². The Kier molecular flexibility index (Phi) is 3.59. The lowest BCUT2D eigenvalue weighted by Gasteiger charge is -2.30. The molecule has 86 valence electrons. The maximum Gasteiger partial charge on any atom is 0.254 e. The molecule has 0 N–H and O–H groups in total. The van der Waals surface area contributed by atoms with Crippen molar-refractivity contribution in [2.45, 2.75) is 24.6 Å². The van der Waals surface area contributed by atoms with Crippen LogP contribution < -0.4 is 0 Å². The minimum absolute atomic E-state index is 0.120. The molecule has 0 bridgehead atoms. The fourth-order valence-electron chi connectivity index (χ4n) is 1.97. The van der Waals surface area contributed by atoms with Crippen LogP contribution in [-0.2, 0) is 0 Å². The number of aryl methyl sites for hydroxylation is 1. The highest BCUT2D eigenvalue weighted by Crippen LogP contribution is 2.18. The number of alkyl halides is 1. The molecule has 0 spiro atoms. The van der Waals surface area contributed by atoms with Crippen molar-refractivity contribution < 1.29 is 4.79 Å². The summed E-state index contributed by atoms with van der Waals surface area (Å²) >= 11 is 3.58. The Morgan fingerprint density at radius 3 is 3.12 bits per heavy atom. The van der Waals surface area contributed by atoms with Gasteiger partial charge in [0.15, 0.2) is 0 Å². The number of likely N-dealkylation sites (tertiary alicyclic amines) is 1. The van der Waals surface area contributed by atoms with Crippen molar-refractivity contribution in [3.05, 3.63) is 29.6 Å². The average molecular weight is 283 g/mol. The lowest BCUT2D eigenvalue weighted by Crippen LogP contribution is -2.40. The third kappa shape index (κ3) is 2.61. The Labute approximate surface area is 104 Å². The number of piperidine rings is 1. The van der Waals surface area contributed by atoms with Gasteiger partial charge in [-0.05, 0) is 31.9 Å². The molecule has 1 aromatic rings. The van der Waals surface area contributed by atoms with Gasteiger partial charge in [-0.1, -0.05) is 15.9 Å². The highest BCUT2D eigenvalue weighted by Gasteiger charge is 2.22. The molecule has 2 heterocycles. The Bertz CT molecular complexity index is 394. The number of pyridine rings is 1. The number of halogens is 1. The second-order valence-electron chi connectivity index (χ2n) is 4.18. The normalized spacial score (nSPS) is 20.9. The summed E-state index contributed by atoms with van der Waals surface area (Å²) in [4.78, 5) is 18.6. The van der Waals surface area contributed by atoms with Gasteiger partial charge in [0, 0.05) is 35.4 Å². The molecule has 1 unspecified atom stereocenters. The molecule has 0 aliphatic carbocycles. The summed E-state index contributed by atoms with van der Waals surface area (Å²) in [5.74, 6) is 0.120. The van der Waals surface area contributed by atoms with E-state index in [4.69, 9.17) is 0 Å². The van der Waals surface area contributed by atoms with Gasteiger partial charge in [-0.15, -0.1) is 0 Å². The first-order chi connectivity index (χ1) is 7.66. The SMILES string of the molecule is Cc1cc(C(=O)N2CCCC(Br)C2)ccn1. The third-order valence-electron chi connectivity index (χ3n) is 2.79. The van der Waals surface area contributed by atoms with E-state index in [1.165, 1.54) is 0 Å². The summed E-state index contributed by atoms with van der Waals surface area (Å²) in [5.41, 5.74) is 1.63. The molecule has 1 aliphatic rings. The number of aromatic nitrogens is 1. The topological polar surface area (TPSA) is 33.2 Å². The van der Waals surface area contributed by atoms with Crippen LogP contribution in [-0.4, -0.2) is 33.7 Å². The molecular formula is C12H15BrN2O. The molecule has 2 rings (SSSR count). The van der Waals surface area contributed by atoms with Crippen LogP contribution in [0.3, 0.4) is 0 Å². The summed E-state index contributed by atoms with van der Waals surface area (Å²) < 4.78 is 0.